The first-order valence-electron chi connectivity index (χ1n) is 7.41. The molecule has 24 heavy (non-hydrogen) atoms. The second-order valence-corrected chi connectivity index (χ2v) is 6.16. The van der Waals surface area contributed by atoms with Gasteiger partial charge in [0.1, 0.15) is 0 Å². The third kappa shape index (κ3) is 5.25. The molecule has 0 heterocycles. The van der Waals surface area contributed by atoms with Gasteiger partial charge in [-0.05, 0) is 29.7 Å². The molecule has 1 N–H and O–H groups in total. The summed E-state index contributed by atoms with van der Waals surface area (Å²) >= 11 is 11.7. The Bertz CT molecular complexity index is 719. The minimum Gasteiger partial charge on any atom is -0.452 e. The van der Waals surface area contributed by atoms with Gasteiger partial charge in [0, 0.05) is 11.6 Å². The Hall–Kier alpha value is -2.04. The van der Waals surface area contributed by atoms with Crippen molar-refractivity contribution in [3.05, 3.63) is 69.7 Å². The molecule has 0 unspecified atom stereocenters. The van der Waals surface area contributed by atoms with Crippen molar-refractivity contribution < 1.29 is 14.3 Å². The summed E-state index contributed by atoms with van der Waals surface area (Å²) in [5, 5.41) is 3.35. The maximum absolute atomic E-state index is 11.9. The highest BCUT2D eigenvalue weighted by Gasteiger charge is 2.14. The lowest BCUT2D eigenvalue weighted by Gasteiger charge is -2.13. The van der Waals surface area contributed by atoms with Crippen molar-refractivity contribution in [1.82, 2.24) is 5.32 Å². The molecule has 0 saturated carbocycles. The molecule has 0 spiro atoms. The fourth-order valence-corrected chi connectivity index (χ4v) is 2.57. The van der Waals surface area contributed by atoms with E-state index >= 15 is 0 Å². The number of ether oxygens (including phenoxy) is 1. The maximum Gasteiger partial charge on any atom is 0.340 e. The number of hydrogen-bond donors (Lipinski definition) is 1. The summed E-state index contributed by atoms with van der Waals surface area (Å²) in [5.74, 6) is -0.865. The van der Waals surface area contributed by atoms with E-state index in [4.69, 9.17) is 27.9 Å². The summed E-state index contributed by atoms with van der Waals surface area (Å²) in [7, 11) is 0. The Kier molecular flexibility index (Phi) is 6.64. The van der Waals surface area contributed by atoms with Crippen LogP contribution in [0.25, 0.3) is 0 Å². The monoisotopic (exact) mass is 365 g/mol. The standard InChI is InChI=1S/C18H17Cl2NO3/c1-12(13-5-3-2-4-6-13)10-21-17(22)11-24-18(23)15-8-7-14(19)9-16(15)20/h2-9,12H,10-11H2,1H3,(H,21,22)/t12-/m0/s1. The average molecular weight is 366 g/mol. The minimum atomic E-state index is -0.664. The normalized spacial score (nSPS) is 11.6. The van der Waals surface area contributed by atoms with E-state index in [9.17, 15) is 9.59 Å². The molecule has 0 aliphatic rings. The van der Waals surface area contributed by atoms with Crippen molar-refractivity contribution in [2.75, 3.05) is 13.2 Å². The quantitative estimate of drug-likeness (QED) is 0.784. The molecule has 1 atom stereocenters. The number of esters is 1. The van der Waals surface area contributed by atoms with Crippen LogP contribution in [-0.4, -0.2) is 25.0 Å². The predicted molar refractivity (Wildman–Crippen MR) is 94.6 cm³/mol. The molecule has 0 saturated heterocycles. The van der Waals surface area contributed by atoms with E-state index in [1.807, 2.05) is 37.3 Å². The number of rotatable bonds is 6. The van der Waals surface area contributed by atoms with Gasteiger partial charge in [-0.3, -0.25) is 4.79 Å². The van der Waals surface area contributed by atoms with Crippen LogP contribution in [0.4, 0.5) is 0 Å². The van der Waals surface area contributed by atoms with E-state index in [2.05, 4.69) is 5.32 Å². The molecule has 2 aromatic rings. The molecule has 0 bridgehead atoms. The molecule has 4 nitrogen and oxygen atoms in total. The maximum atomic E-state index is 11.9. The van der Waals surface area contributed by atoms with Crippen molar-refractivity contribution in [3.8, 4) is 0 Å². The van der Waals surface area contributed by atoms with Gasteiger partial charge in [0.2, 0.25) is 0 Å². The summed E-state index contributed by atoms with van der Waals surface area (Å²) in [6.45, 7) is 2.11. The van der Waals surface area contributed by atoms with Gasteiger partial charge < -0.3 is 10.1 Å². The lowest BCUT2D eigenvalue weighted by atomic mass is 10.0. The summed E-state index contributed by atoms with van der Waals surface area (Å²) < 4.78 is 4.97. The molecule has 2 aromatic carbocycles. The van der Waals surface area contributed by atoms with Gasteiger partial charge in [0.15, 0.2) is 6.61 Å². The molecule has 6 heteroatoms. The highest BCUT2D eigenvalue weighted by molar-refractivity contribution is 6.36. The van der Waals surface area contributed by atoms with Crippen LogP contribution in [0.5, 0.6) is 0 Å². The van der Waals surface area contributed by atoms with Crippen LogP contribution in [0.15, 0.2) is 48.5 Å². The summed E-state index contributed by atoms with van der Waals surface area (Å²) in [4.78, 5) is 23.7. The summed E-state index contributed by atoms with van der Waals surface area (Å²) in [5.41, 5.74) is 1.30. The number of carbonyl (C=O) groups is 2. The van der Waals surface area contributed by atoms with Gasteiger partial charge in [-0.15, -0.1) is 0 Å². The van der Waals surface area contributed by atoms with Gasteiger partial charge >= 0.3 is 5.97 Å². The van der Waals surface area contributed by atoms with Crippen LogP contribution in [0.2, 0.25) is 10.0 Å². The van der Waals surface area contributed by atoms with E-state index in [1.54, 1.807) is 0 Å². The molecule has 0 aliphatic carbocycles. The highest BCUT2D eigenvalue weighted by Crippen LogP contribution is 2.21. The van der Waals surface area contributed by atoms with E-state index in [1.165, 1.54) is 18.2 Å². The second-order valence-electron chi connectivity index (χ2n) is 5.32. The van der Waals surface area contributed by atoms with Gasteiger partial charge in [-0.1, -0.05) is 60.5 Å². The second kappa shape index (κ2) is 8.71. The van der Waals surface area contributed by atoms with Crippen LogP contribution < -0.4 is 5.32 Å². The van der Waals surface area contributed by atoms with E-state index in [0.29, 0.717) is 11.6 Å². The largest absolute Gasteiger partial charge is 0.452 e. The molecule has 0 aliphatic heterocycles. The van der Waals surface area contributed by atoms with E-state index in [-0.39, 0.29) is 29.0 Å². The Balaban J connectivity index is 1.79. The SMILES string of the molecule is C[C@@H](CNC(=O)COC(=O)c1ccc(Cl)cc1Cl)c1ccccc1. The third-order valence-corrected chi connectivity index (χ3v) is 4.01. The lowest BCUT2D eigenvalue weighted by molar-refractivity contribution is -0.124. The van der Waals surface area contributed by atoms with Crippen molar-refractivity contribution in [2.45, 2.75) is 12.8 Å². The molecule has 0 fully saturated rings. The third-order valence-electron chi connectivity index (χ3n) is 3.46. The number of nitrogens with one attached hydrogen (secondary N) is 1. The zero-order chi connectivity index (χ0) is 17.5. The predicted octanol–water partition coefficient (Wildman–Crippen LogP) is 4.07. The van der Waals surface area contributed by atoms with Gasteiger partial charge in [-0.25, -0.2) is 4.79 Å². The Morgan fingerprint density at radius 3 is 2.50 bits per heavy atom. The first-order chi connectivity index (χ1) is 11.5. The first kappa shape index (κ1) is 18.3. The van der Waals surface area contributed by atoms with Crippen molar-refractivity contribution in [2.24, 2.45) is 0 Å². The zero-order valence-corrected chi connectivity index (χ0v) is 14.6. The number of hydrogen-bond acceptors (Lipinski definition) is 3. The number of benzene rings is 2. The van der Waals surface area contributed by atoms with Crippen LogP contribution >= 0.6 is 23.2 Å². The summed E-state index contributed by atoms with van der Waals surface area (Å²) in [6.07, 6.45) is 0. The molecule has 0 aromatic heterocycles. The van der Waals surface area contributed by atoms with Gasteiger partial charge in [0.25, 0.3) is 5.91 Å². The van der Waals surface area contributed by atoms with Gasteiger partial charge in [-0.2, -0.15) is 0 Å². The minimum absolute atomic E-state index is 0.163. The number of halogens is 2. The van der Waals surface area contributed by atoms with E-state index in [0.717, 1.165) is 5.56 Å². The van der Waals surface area contributed by atoms with Crippen LogP contribution in [0.1, 0.15) is 28.8 Å². The molecule has 0 radical (unpaired) electrons. The zero-order valence-electron chi connectivity index (χ0n) is 13.1. The topological polar surface area (TPSA) is 55.4 Å². The molecule has 1 amide bonds. The lowest BCUT2D eigenvalue weighted by Crippen LogP contribution is -2.31. The van der Waals surface area contributed by atoms with Crippen LogP contribution in [-0.2, 0) is 9.53 Å². The molecular formula is C18H17Cl2NO3. The molecular weight excluding hydrogens is 349 g/mol. The average Bonchev–Trinajstić information content (AvgIpc) is 2.58. The fourth-order valence-electron chi connectivity index (χ4n) is 2.08. The van der Waals surface area contributed by atoms with Crippen molar-refractivity contribution >= 4 is 35.1 Å². The van der Waals surface area contributed by atoms with E-state index < -0.39 is 5.97 Å². The highest BCUT2D eigenvalue weighted by atomic mass is 35.5. The first-order valence-corrected chi connectivity index (χ1v) is 8.17. The Morgan fingerprint density at radius 2 is 1.83 bits per heavy atom. The van der Waals surface area contributed by atoms with Crippen LogP contribution in [0, 0.1) is 0 Å². The van der Waals surface area contributed by atoms with Crippen molar-refractivity contribution in [1.29, 1.82) is 0 Å². The Labute approximate surface area is 150 Å². The van der Waals surface area contributed by atoms with Crippen molar-refractivity contribution in [3.63, 3.8) is 0 Å². The van der Waals surface area contributed by atoms with Gasteiger partial charge in [0.05, 0.1) is 10.6 Å². The van der Waals surface area contributed by atoms with Crippen LogP contribution in [0.3, 0.4) is 0 Å². The number of carbonyl (C=O) groups excluding carboxylic acids is 2. The number of amides is 1. The smallest absolute Gasteiger partial charge is 0.340 e. The summed E-state index contributed by atoms with van der Waals surface area (Å²) in [6, 6.07) is 14.3. The molecule has 2 rings (SSSR count). The molecule has 126 valence electrons. The Morgan fingerprint density at radius 1 is 1.12 bits per heavy atom. The fraction of sp³-hybridized carbons (Fsp3) is 0.222.